The van der Waals surface area contributed by atoms with E-state index in [9.17, 15) is 0 Å². The molecule has 5 heteroatoms. The van der Waals surface area contributed by atoms with Crippen LogP contribution < -0.4 is 15.5 Å². The second kappa shape index (κ2) is 7.90. The van der Waals surface area contributed by atoms with Crippen LogP contribution in [0.3, 0.4) is 0 Å². The largest absolute Gasteiger partial charge is 0.379 e. The Morgan fingerprint density at radius 3 is 2.95 bits per heavy atom. The van der Waals surface area contributed by atoms with Gasteiger partial charge in [0.15, 0.2) is 0 Å². The highest BCUT2D eigenvalue weighted by atomic mass is 16.5. The summed E-state index contributed by atoms with van der Waals surface area (Å²) in [6.07, 6.45) is 5.40. The van der Waals surface area contributed by atoms with E-state index in [1.807, 2.05) is 12.3 Å². The van der Waals surface area contributed by atoms with E-state index < -0.39 is 0 Å². The van der Waals surface area contributed by atoms with Crippen molar-refractivity contribution in [2.24, 2.45) is 0 Å². The number of nitrogens with zero attached hydrogens (tertiary/aromatic N) is 2. The molecule has 3 rings (SSSR count). The number of hydrogen-bond donors (Lipinski definition) is 2. The van der Waals surface area contributed by atoms with Crippen molar-refractivity contribution in [3.63, 3.8) is 0 Å². The van der Waals surface area contributed by atoms with Crippen molar-refractivity contribution in [3.8, 4) is 0 Å². The molecule has 5 nitrogen and oxygen atoms in total. The van der Waals surface area contributed by atoms with Crippen molar-refractivity contribution in [1.29, 1.82) is 0 Å². The molecule has 2 atom stereocenters. The molecular weight excluding hydrogens is 276 g/mol. The third-order valence-electron chi connectivity index (χ3n) is 4.62. The van der Waals surface area contributed by atoms with Crippen LogP contribution in [0, 0.1) is 0 Å². The number of pyridine rings is 1. The average Bonchev–Trinajstić information content (AvgIpc) is 2.57. The highest BCUT2D eigenvalue weighted by molar-refractivity contribution is 5.38. The first-order chi connectivity index (χ1) is 10.8. The molecule has 1 aromatic rings. The Morgan fingerprint density at radius 2 is 2.27 bits per heavy atom. The molecule has 0 radical (unpaired) electrons. The van der Waals surface area contributed by atoms with Crippen molar-refractivity contribution in [2.45, 2.75) is 44.3 Å². The number of piperidine rings is 1. The van der Waals surface area contributed by atoms with Gasteiger partial charge in [0.2, 0.25) is 0 Å². The van der Waals surface area contributed by atoms with Crippen LogP contribution in [0.15, 0.2) is 24.4 Å². The Balaban J connectivity index is 1.39. The number of morpholine rings is 1. The maximum absolute atomic E-state index is 5.53. The van der Waals surface area contributed by atoms with Crippen LogP contribution in [-0.2, 0) is 4.74 Å². The lowest BCUT2D eigenvalue weighted by Crippen LogP contribution is -2.49. The van der Waals surface area contributed by atoms with Gasteiger partial charge in [-0.25, -0.2) is 4.98 Å². The molecule has 0 bridgehead atoms. The molecule has 0 spiro atoms. The second-order valence-electron chi connectivity index (χ2n) is 6.48. The molecule has 122 valence electrons. The molecule has 2 aliphatic rings. The van der Waals surface area contributed by atoms with Gasteiger partial charge in [-0.1, -0.05) is 6.07 Å². The molecule has 0 aliphatic carbocycles. The highest BCUT2D eigenvalue weighted by Crippen LogP contribution is 2.18. The van der Waals surface area contributed by atoms with Gasteiger partial charge in [-0.15, -0.1) is 0 Å². The normalized spacial score (nSPS) is 25.1. The van der Waals surface area contributed by atoms with E-state index in [-0.39, 0.29) is 0 Å². The summed E-state index contributed by atoms with van der Waals surface area (Å²) in [6, 6.07) is 7.80. The Morgan fingerprint density at radius 1 is 1.41 bits per heavy atom. The van der Waals surface area contributed by atoms with Crippen molar-refractivity contribution in [1.82, 2.24) is 15.6 Å². The summed E-state index contributed by atoms with van der Waals surface area (Å²) < 4.78 is 5.53. The van der Waals surface area contributed by atoms with Gasteiger partial charge in [-0.3, -0.25) is 0 Å². The molecular formula is C17H28N4O. The predicted molar refractivity (Wildman–Crippen MR) is 89.3 cm³/mol. The molecule has 0 amide bonds. The van der Waals surface area contributed by atoms with Gasteiger partial charge in [0.25, 0.3) is 0 Å². The summed E-state index contributed by atoms with van der Waals surface area (Å²) >= 11 is 0. The van der Waals surface area contributed by atoms with Gasteiger partial charge >= 0.3 is 0 Å². The molecule has 2 saturated heterocycles. The number of nitrogens with one attached hydrogen (secondary N) is 2. The van der Waals surface area contributed by atoms with Crippen LogP contribution in [0.25, 0.3) is 0 Å². The van der Waals surface area contributed by atoms with Gasteiger partial charge in [0, 0.05) is 44.0 Å². The maximum atomic E-state index is 5.53. The van der Waals surface area contributed by atoms with Crippen molar-refractivity contribution in [3.05, 3.63) is 24.4 Å². The molecule has 3 heterocycles. The lowest BCUT2D eigenvalue weighted by Gasteiger charge is -2.35. The van der Waals surface area contributed by atoms with Crippen LogP contribution in [0.5, 0.6) is 0 Å². The lowest BCUT2D eigenvalue weighted by atomic mass is 10.0. The zero-order valence-electron chi connectivity index (χ0n) is 13.5. The van der Waals surface area contributed by atoms with Gasteiger partial charge < -0.3 is 20.3 Å². The Labute approximate surface area is 133 Å². The third-order valence-corrected chi connectivity index (χ3v) is 4.62. The molecule has 2 unspecified atom stereocenters. The number of hydrogen-bond acceptors (Lipinski definition) is 5. The van der Waals surface area contributed by atoms with Crippen LogP contribution >= 0.6 is 0 Å². The summed E-state index contributed by atoms with van der Waals surface area (Å²) in [5, 5.41) is 7.33. The fourth-order valence-corrected chi connectivity index (χ4v) is 3.48. The average molecular weight is 304 g/mol. The highest BCUT2D eigenvalue weighted by Gasteiger charge is 2.23. The monoisotopic (exact) mass is 304 g/mol. The lowest BCUT2D eigenvalue weighted by molar-refractivity contribution is 0.0706. The fraction of sp³-hybridized carbons (Fsp3) is 0.706. The van der Waals surface area contributed by atoms with Crippen LogP contribution in [0.2, 0.25) is 0 Å². The Hall–Kier alpha value is -1.17. The summed E-state index contributed by atoms with van der Waals surface area (Å²) in [4.78, 5) is 6.84. The summed E-state index contributed by atoms with van der Waals surface area (Å²) in [6.45, 7) is 7.16. The predicted octanol–water partition coefficient (Wildman–Crippen LogP) is 1.41. The molecule has 0 saturated carbocycles. The van der Waals surface area contributed by atoms with Gasteiger partial charge in [0.05, 0.1) is 13.2 Å². The van der Waals surface area contributed by atoms with Crippen LogP contribution in [-0.4, -0.2) is 56.0 Å². The summed E-state index contributed by atoms with van der Waals surface area (Å²) in [5.74, 6) is 1.11. The van der Waals surface area contributed by atoms with Crippen molar-refractivity contribution in [2.75, 3.05) is 37.7 Å². The van der Waals surface area contributed by atoms with E-state index in [0.29, 0.717) is 18.1 Å². The van der Waals surface area contributed by atoms with E-state index in [1.54, 1.807) is 0 Å². The van der Waals surface area contributed by atoms with Crippen molar-refractivity contribution >= 4 is 5.82 Å². The molecule has 1 aromatic heterocycles. The quantitative estimate of drug-likeness (QED) is 0.861. The maximum Gasteiger partial charge on any atom is 0.128 e. The van der Waals surface area contributed by atoms with E-state index in [2.05, 4.69) is 39.6 Å². The topological polar surface area (TPSA) is 49.4 Å². The minimum Gasteiger partial charge on any atom is -0.379 e. The zero-order valence-corrected chi connectivity index (χ0v) is 13.5. The molecule has 22 heavy (non-hydrogen) atoms. The second-order valence-corrected chi connectivity index (χ2v) is 6.48. The van der Waals surface area contributed by atoms with Crippen LogP contribution in [0.4, 0.5) is 5.82 Å². The molecule has 2 N–H and O–H groups in total. The van der Waals surface area contributed by atoms with Gasteiger partial charge in [0.1, 0.15) is 5.82 Å². The van der Waals surface area contributed by atoms with E-state index in [0.717, 1.165) is 45.1 Å². The number of anilines is 1. The number of ether oxygens (including phenoxy) is 1. The van der Waals surface area contributed by atoms with Gasteiger partial charge in [-0.2, -0.15) is 0 Å². The standard InChI is InChI=1S/C17H28N4O/c1-14(12-16-13-22-11-8-18-16)20-15-5-9-21(10-6-15)17-4-2-3-7-19-17/h2-4,7,14-16,18,20H,5-6,8-13H2,1H3. The first-order valence-electron chi connectivity index (χ1n) is 8.54. The first-order valence-corrected chi connectivity index (χ1v) is 8.54. The smallest absolute Gasteiger partial charge is 0.128 e. The summed E-state index contributed by atoms with van der Waals surface area (Å²) in [7, 11) is 0. The molecule has 0 aromatic carbocycles. The Kier molecular flexibility index (Phi) is 5.64. The van der Waals surface area contributed by atoms with Crippen LogP contribution in [0.1, 0.15) is 26.2 Å². The zero-order chi connectivity index (χ0) is 15.2. The summed E-state index contributed by atoms with van der Waals surface area (Å²) in [5.41, 5.74) is 0. The molecule has 2 fully saturated rings. The minimum absolute atomic E-state index is 0.504. The number of rotatable bonds is 5. The molecule has 2 aliphatic heterocycles. The van der Waals surface area contributed by atoms with E-state index >= 15 is 0 Å². The van der Waals surface area contributed by atoms with Gasteiger partial charge in [-0.05, 0) is 38.3 Å². The fourth-order valence-electron chi connectivity index (χ4n) is 3.48. The number of aromatic nitrogens is 1. The Bertz CT molecular complexity index is 428. The SMILES string of the molecule is CC(CC1COCCN1)NC1CCN(c2ccccn2)CC1. The minimum atomic E-state index is 0.504. The van der Waals surface area contributed by atoms with Crippen molar-refractivity contribution < 1.29 is 4.74 Å². The van der Waals surface area contributed by atoms with E-state index in [1.165, 1.54) is 12.8 Å². The third kappa shape index (κ3) is 4.41. The first kappa shape index (κ1) is 15.7. The van der Waals surface area contributed by atoms with E-state index in [4.69, 9.17) is 4.74 Å².